The average Bonchev–Trinajstić information content (AvgIpc) is 2.84. The van der Waals surface area contributed by atoms with Crippen molar-refractivity contribution < 1.29 is 5.21 Å². The number of nitrogens with one attached hydrogen (secondary N) is 1. The van der Waals surface area contributed by atoms with E-state index in [-0.39, 0.29) is 0 Å². The third kappa shape index (κ3) is 1.54. The van der Waals surface area contributed by atoms with Crippen LogP contribution < -0.4 is 10.3 Å². The highest BCUT2D eigenvalue weighted by Gasteiger charge is 2.20. The zero-order chi connectivity index (χ0) is 11.8. The lowest BCUT2D eigenvalue weighted by Gasteiger charge is -2.22. The number of nitrogens with zero attached hydrogens (tertiary/aromatic N) is 3. The van der Waals surface area contributed by atoms with Crippen LogP contribution in [-0.4, -0.2) is 28.0 Å². The Hall–Kier alpha value is -2.04. The molecule has 1 aliphatic carbocycles. The Kier molecular flexibility index (Phi) is 2.24. The van der Waals surface area contributed by atoms with Crippen molar-refractivity contribution in [3.05, 3.63) is 30.0 Å². The van der Waals surface area contributed by atoms with Gasteiger partial charge in [-0.15, -0.1) is 0 Å². The molecule has 1 saturated heterocycles. The van der Waals surface area contributed by atoms with Crippen LogP contribution in [0.15, 0.2) is 24.7 Å². The van der Waals surface area contributed by atoms with Gasteiger partial charge in [-0.1, -0.05) is 0 Å². The van der Waals surface area contributed by atoms with E-state index in [1.165, 1.54) is 19.2 Å². The second-order valence-corrected chi connectivity index (χ2v) is 4.33. The summed E-state index contributed by atoms with van der Waals surface area (Å²) in [5.41, 5.74) is 2.34. The van der Waals surface area contributed by atoms with Crippen molar-refractivity contribution in [2.75, 3.05) is 18.0 Å². The molecule has 1 fully saturated rings. The minimum Gasteiger partial charge on any atom is -0.427 e. The van der Waals surface area contributed by atoms with Gasteiger partial charge in [0.25, 0.3) is 0 Å². The summed E-state index contributed by atoms with van der Waals surface area (Å²) < 4.78 is 1.01. The SMILES string of the molecule is N=c1ccc(N2CCCC2)c2n(O)cncc1-2. The average molecular weight is 230 g/mol. The van der Waals surface area contributed by atoms with Crippen LogP contribution in [0.3, 0.4) is 0 Å². The number of aromatic nitrogens is 2. The highest BCUT2D eigenvalue weighted by Crippen LogP contribution is 2.30. The second kappa shape index (κ2) is 3.76. The van der Waals surface area contributed by atoms with Gasteiger partial charge in [0.1, 0.15) is 12.0 Å². The monoisotopic (exact) mass is 230 g/mol. The van der Waals surface area contributed by atoms with Crippen molar-refractivity contribution in [2.45, 2.75) is 12.8 Å². The lowest BCUT2D eigenvalue weighted by Crippen LogP contribution is -2.22. The van der Waals surface area contributed by atoms with Crippen LogP contribution in [0.2, 0.25) is 0 Å². The van der Waals surface area contributed by atoms with E-state index in [4.69, 9.17) is 5.41 Å². The van der Waals surface area contributed by atoms with Gasteiger partial charge < -0.3 is 15.5 Å². The predicted octanol–water partition coefficient (Wildman–Crippen LogP) is 1.30. The fraction of sp³-hybridized carbons (Fsp3) is 0.333. The minimum atomic E-state index is 0.388. The molecule has 0 aromatic heterocycles. The van der Waals surface area contributed by atoms with Crippen molar-refractivity contribution in [1.82, 2.24) is 9.71 Å². The van der Waals surface area contributed by atoms with Gasteiger partial charge in [0.2, 0.25) is 0 Å². The smallest absolute Gasteiger partial charge is 0.132 e. The summed E-state index contributed by atoms with van der Waals surface area (Å²) in [6.45, 7) is 2.02. The molecule has 0 unspecified atom stereocenters. The molecule has 2 heterocycles. The van der Waals surface area contributed by atoms with Crippen LogP contribution in [0.25, 0.3) is 11.3 Å². The molecule has 0 aromatic rings. The highest BCUT2D eigenvalue weighted by molar-refractivity contribution is 5.76. The van der Waals surface area contributed by atoms with Gasteiger partial charge in [0, 0.05) is 24.8 Å². The van der Waals surface area contributed by atoms with Crippen molar-refractivity contribution in [2.24, 2.45) is 0 Å². The second-order valence-electron chi connectivity index (χ2n) is 4.33. The first kappa shape index (κ1) is 10.1. The summed E-state index contributed by atoms with van der Waals surface area (Å²) in [5, 5.41) is 18.1. The summed E-state index contributed by atoms with van der Waals surface area (Å²) in [7, 11) is 0. The van der Waals surface area contributed by atoms with Crippen LogP contribution in [0.1, 0.15) is 12.8 Å². The Morgan fingerprint density at radius 3 is 2.76 bits per heavy atom. The quantitative estimate of drug-likeness (QED) is 0.726. The Labute approximate surface area is 98.8 Å². The van der Waals surface area contributed by atoms with Crippen LogP contribution in [-0.2, 0) is 0 Å². The Bertz CT molecular complexity index is 571. The minimum absolute atomic E-state index is 0.388. The Morgan fingerprint density at radius 1 is 1.24 bits per heavy atom. The number of anilines is 1. The van der Waals surface area contributed by atoms with Gasteiger partial charge in [-0.05, 0) is 25.0 Å². The molecular formula is C12H14N4O. The van der Waals surface area contributed by atoms with Crippen molar-refractivity contribution in [1.29, 1.82) is 5.41 Å². The molecule has 17 heavy (non-hydrogen) atoms. The molecule has 3 rings (SSSR count). The van der Waals surface area contributed by atoms with Crippen LogP contribution in [0, 0.1) is 5.41 Å². The topological polar surface area (TPSA) is 65.1 Å². The van der Waals surface area contributed by atoms with Crippen molar-refractivity contribution in [3.8, 4) is 11.3 Å². The fourth-order valence-corrected chi connectivity index (χ4v) is 2.41. The first-order valence-corrected chi connectivity index (χ1v) is 5.75. The zero-order valence-electron chi connectivity index (χ0n) is 9.43. The van der Waals surface area contributed by atoms with E-state index in [9.17, 15) is 5.21 Å². The highest BCUT2D eigenvalue weighted by atomic mass is 16.5. The molecule has 0 bridgehead atoms. The molecule has 0 saturated carbocycles. The first-order valence-electron chi connectivity index (χ1n) is 5.75. The van der Waals surface area contributed by atoms with Gasteiger partial charge in [-0.25, -0.2) is 4.98 Å². The number of fused-ring (bicyclic) bond motifs is 1. The van der Waals surface area contributed by atoms with E-state index in [1.54, 1.807) is 12.3 Å². The van der Waals surface area contributed by atoms with Gasteiger partial charge in [0.15, 0.2) is 0 Å². The maximum absolute atomic E-state index is 9.88. The Balaban J connectivity index is 2.25. The molecule has 88 valence electrons. The van der Waals surface area contributed by atoms with E-state index >= 15 is 0 Å². The summed E-state index contributed by atoms with van der Waals surface area (Å²) in [6, 6.07) is 3.67. The van der Waals surface area contributed by atoms with E-state index in [1.807, 2.05) is 6.07 Å². The standard InChI is InChI=1S/C12H14N4O/c13-10-3-4-11(15-5-1-2-6-15)12-9(10)7-14-8-16(12)17/h3-4,7-8,13,17H,1-2,5-6H2. The van der Waals surface area contributed by atoms with Gasteiger partial charge in [-0.3, -0.25) is 0 Å². The maximum Gasteiger partial charge on any atom is 0.132 e. The van der Waals surface area contributed by atoms with Gasteiger partial charge >= 0.3 is 0 Å². The number of hydrogen-bond donors (Lipinski definition) is 2. The number of rotatable bonds is 1. The summed E-state index contributed by atoms with van der Waals surface area (Å²) in [6.07, 6.45) is 5.35. The molecule has 5 nitrogen and oxygen atoms in total. The molecule has 2 N–H and O–H groups in total. The maximum atomic E-state index is 9.88. The first-order chi connectivity index (χ1) is 8.27. The zero-order valence-corrected chi connectivity index (χ0v) is 9.43. The lowest BCUT2D eigenvalue weighted by atomic mass is 10.1. The van der Waals surface area contributed by atoms with E-state index in [2.05, 4.69) is 9.88 Å². The summed E-state index contributed by atoms with van der Waals surface area (Å²) in [4.78, 5) is 6.16. The Morgan fingerprint density at radius 2 is 2.00 bits per heavy atom. The normalized spacial score (nSPS) is 15.6. The molecule has 2 aliphatic heterocycles. The summed E-state index contributed by atoms with van der Waals surface area (Å²) in [5.74, 6) is 0. The molecule has 0 aromatic carbocycles. The predicted molar refractivity (Wildman–Crippen MR) is 63.3 cm³/mol. The number of hydrogen-bond acceptors (Lipinski definition) is 4. The van der Waals surface area contributed by atoms with E-state index in [0.29, 0.717) is 16.6 Å². The number of benzene rings is 1. The molecule has 0 spiro atoms. The summed E-state index contributed by atoms with van der Waals surface area (Å²) >= 11 is 0. The molecule has 0 amide bonds. The largest absolute Gasteiger partial charge is 0.427 e. The third-order valence-corrected chi connectivity index (χ3v) is 3.25. The molecule has 3 aliphatic rings. The van der Waals surface area contributed by atoms with Crippen LogP contribution in [0.5, 0.6) is 0 Å². The third-order valence-electron chi connectivity index (χ3n) is 3.25. The van der Waals surface area contributed by atoms with Crippen molar-refractivity contribution >= 4 is 5.69 Å². The lowest BCUT2D eigenvalue weighted by molar-refractivity contribution is 0.185. The van der Waals surface area contributed by atoms with Crippen molar-refractivity contribution in [3.63, 3.8) is 0 Å². The van der Waals surface area contributed by atoms with Crippen LogP contribution in [0.4, 0.5) is 5.69 Å². The van der Waals surface area contributed by atoms with Gasteiger partial charge in [0.05, 0.1) is 11.0 Å². The molecular weight excluding hydrogens is 216 g/mol. The molecule has 5 heteroatoms. The van der Waals surface area contributed by atoms with E-state index in [0.717, 1.165) is 23.5 Å². The fourth-order valence-electron chi connectivity index (χ4n) is 2.41. The molecule has 0 radical (unpaired) electrons. The van der Waals surface area contributed by atoms with E-state index < -0.39 is 0 Å². The van der Waals surface area contributed by atoms with Crippen LogP contribution >= 0.6 is 0 Å². The van der Waals surface area contributed by atoms with Gasteiger partial charge in [-0.2, -0.15) is 4.73 Å². The molecule has 0 atom stereocenters.